The molecule has 130 valence electrons. The lowest BCUT2D eigenvalue weighted by atomic mass is 9.99. The van der Waals surface area contributed by atoms with Gasteiger partial charge in [-0.25, -0.2) is 0 Å². The number of amides is 1. The van der Waals surface area contributed by atoms with Gasteiger partial charge in [-0.05, 0) is 24.5 Å². The van der Waals surface area contributed by atoms with Crippen molar-refractivity contribution in [1.29, 1.82) is 0 Å². The second-order valence-electron chi connectivity index (χ2n) is 6.71. The normalized spacial score (nSPS) is 18.0. The monoisotopic (exact) mass is 337 g/mol. The lowest BCUT2D eigenvalue weighted by molar-refractivity contribution is -0.132. The second kappa shape index (κ2) is 6.80. The van der Waals surface area contributed by atoms with Crippen LogP contribution in [0.3, 0.4) is 0 Å². The first-order valence-corrected chi connectivity index (χ1v) is 8.84. The number of hydrogen-bond acceptors (Lipinski definition) is 4. The Kier molecular flexibility index (Phi) is 4.36. The van der Waals surface area contributed by atoms with E-state index in [0.717, 1.165) is 37.7 Å². The standard InChI is InChI=1S/C19H23N5O/c1-15-20-21-18-13-22(11-12-24(15)18)14-19(25)23-9-7-17(8-10-23)16-5-3-2-4-6-16/h2-7H,8-14H2,1H3. The molecule has 2 aliphatic heterocycles. The Labute approximate surface area is 147 Å². The average Bonchev–Trinajstić information content (AvgIpc) is 3.03. The zero-order valence-corrected chi connectivity index (χ0v) is 14.6. The summed E-state index contributed by atoms with van der Waals surface area (Å²) in [4.78, 5) is 16.8. The van der Waals surface area contributed by atoms with Crippen molar-refractivity contribution in [3.05, 3.63) is 53.6 Å². The molecule has 0 fully saturated rings. The van der Waals surface area contributed by atoms with Crippen LogP contribution in [0.2, 0.25) is 0 Å². The quantitative estimate of drug-likeness (QED) is 0.856. The van der Waals surface area contributed by atoms with Gasteiger partial charge < -0.3 is 9.47 Å². The van der Waals surface area contributed by atoms with Crippen LogP contribution in [-0.4, -0.2) is 56.7 Å². The van der Waals surface area contributed by atoms with Crippen LogP contribution in [0.25, 0.3) is 5.57 Å². The molecule has 6 nitrogen and oxygen atoms in total. The summed E-state index contributed by atoms with van der Waals surface area (Å²) in [5.41, 5.74) is 2.60. The third-order valence-corrected chi connectivity index (χ3v) is 5.08. The van der Waals surface area contributed by atoms with Crippen molar-refractivity contribution in [2.75, 3.05) is 26.2 Å². The molecule has 0 aliphatic carbocycles. The van der Waals surface area contributed by atoms with Crippen molar-refractivity contribution in [2.24, 2.45) is 0 Å². The molecule has 1 amide bonds. The minimum Gasteiger partial charge on any atom is -0.338 e. The van der Waals surface area contributed by atoms with Gasteiger partial charge in [0.25, 0.3) is 0 Å². The van der Waals surface area contributed by atoms with E-state index in [1.807, 2.05) is 17.9 Å². The van der Waals surface area contributed by atoms with Crippen LogP contribution >= 0.6 is 0 Å². The van der Waals surface area contributed by atoms with Gasteiger partial charge in [0.1, 0.15) is 11.6 Å². The lowest BCUT2D eigenvalue weighted by Crippen LogP contribution is -2.44. The van der Waals surface area contributed by atoms with Crippen LogP contribution in [0.5, 0.6) is 0 Å². The van der Waals surface area contributed by atoms with Crippen LogP contribution < -0.4 is 0 Å². The van der Waals surface area contributed by atoms with Gasteiger partial charge in [-0.3, -0.25) is 9.69 Å². The fourth-order valence-corrected chi connectivity index (χ4v) is 3.59. The first-order chi connectivity index (χ1) is 12.2. The number of nitrogens with zero attached hydrogens (tertiary/aromatic N) is 5. The van der Waals surface area contributed by atoms with Crippen LogP contribution in [0.15, 0.2) is 36.4 Å². The van der Waals surface area contributed by atoms with Crippen LogP contribution in [-0.2, 0) is 17.9 Å². The third kappa shape index (κ3) is 3.35. The molecule has 0 N–H and O–H groups in total. The second-order valence-corrected chi connectivity index (χ2v) is 6.71. The van der Waals surface area contributed by atoms with Crippen LogP contribution in [0.4, 0.5) is 0 Å². The maximum Gasteiger partial charge on any atom is 0.237 e. The molecule has 1 aromatic carbocycles. The molecule has 0 atom stereocenters. The molecule has 0 spiro atoms. The predicted molar refractivity (Wildman–Crippen MR) is 95.7 cm³/mol. The summed E-state index contributed by atoms with van der Waals surface area (Å²) in [7, 11) is 0. The van der Waals surface area contributed by atoms with E-state index in [1.165, 1.54) is 11.1 Å². The minimum atomic E-state index is 0.202. The van der Waals surface area contributed by atoms with E-state index in [9.17, 15) is 4.79 Å². The summed E-state index contributed by atoms with van der Waals surface area (Å²) in [6, 6.07) is 10.4. The molecule has 0 saturated heterocycles. The highest BCUT2D eigenvalue weighted by molar-refractivity contribution is 5.80. The molecule has 3 heterocycles. The summed E-state index contributed by atoms with van der Waals surface area (Å²) >= 11 is 0. The molecule has 25 heavy (non-hydrogen) atoms. The zero-order valence-electron chi connectivity index (χ0n) is 14.6. The molecule has 1 aromatic heterocycles. The van der Waals surface area contributed by atoms with Crippen molar-refractivity contribution in [1.82, 2.24) is 24.6 Å². The molecule has 0 saturated carbocycles. The molecular formula is C19H23N5O. The van der Waals surface area contributed by atoms with Crippen LogP contribution in [0, 0.1) is 6.92 Å². The lowest BCUT2D eigenvalue weighted by Gasteiger charge is -2.31. The summed E-state index contributed by atoms with van der Waals surface area (Å²) in [6.45, 7) is 6.36. The van der Waals surface area contributed by atoms with Crippen molar-refractivity contribution < 1.29 is 4.79 Å². The van der Waals surface area contributed by atoms with Crippen molar-refractivity contribution >= 4 is 11.5 Å². The number of benzene rings is 1. The first kappa shape index (κ1) is 16.0. The fourth-order valence-electron chi connectivity index (χ4n) is 3.59. The number of aryl methyl sites for hydroxylation is 1. The van der Waals surface area contributed by atoms with Gasteiger partial charge in [0, 0.05) is 26.2 Å². The van der Waals surface area contributed by atoms with Crippen molar-refractivity contribution in [2.45, 2.75) is 26.4 Å². The Morgan fingerprint density at radius 1 is 1.12 bits per heavy atom. The number of fused-ring (bicyclic) bond motifs is 1. The Morgan fingerprint density at radius 2 is 1.96 bits per heavy atom. The number of carbonyl (C=O) groups excluding carboxylic acids is 1. The van der Waals surface area contributed by atoms with Gasteiger partial charge in [-0.15, -0.1) is 10.2 Å². The number of hydrogen-bond donors (Lipinski definition) is 0. The molecule has 0 bridgehead atoms. The SMILES string of the molecule is Cc1nnc2n1CCN(CC(=O)N1CC=C(c3ccccc3)CC1)C2. The van der Waals surface area contributed by atoms with Gasteiger partial charge in [-0.2, -0.15) is 0 Å². The van der Waals surface area contributed by atoms with Crippen molar-refractivity contribution in [3.8, 4) is 0 Å². The highest BCUT2D eigenvalue weighted by atomic mass is 16.2. The average molecular weight is 337 g/mol. The van der Waals surface area contributed by atoms with Crippen LogP contribution in [0.1, 0.15) is 23.6 Å². The van der Waals surface area contributed by atoms with Gasteiger partial charge in [-0.1, -0.05) is 36.4 Å². The van der Waals surface area contributed by atoms with E-state index in [1.54, 1.807) is 0 Å². The summed E-state index contributed by atoms with van der Waals surface area (Å²) < 4.78 is 2.14. The third-order valence-electron chi connectivity index (χ3n) is 5.08. The van der Waals surface area contributed by atoms with E-state index >= 15 is 0 Å². The Morgan fingerprint density at radius 3 is 2.72 bits per heavy atom. The number of rotatable bonds is 3. The molecule has 0 radical (unpaired) electrons. The molecule has 0 unspecified atom stereocenters. The van der Waals surface area contributed by atoms with E-state index in [0.29, 0.717) is 19.6 Å². The maximum absolute atomic E-state index is 12.6. The molecular weight excluding hydrogens is 314 g/mol. The molecule has 2 aromatic rings. The van der Waals surface area contributed by atoms with E-state index < -0.39 is 0 Å². The molecule has 2 aliphatic rings. The number of carbonyl (C=O) groups is 1. The Hall–Kier alpha value is -2.47. The molecule has 4 rings (SSSR count). The van der Waals surface area contributed by atoms with E-state index in [2.05, 4.69) is 50.0 Å². The number of aromatic nitrogens is 3. The first-order valence-electron chi connectivity index (χ1n) is 8.84. The topological polar surface area (TPSA) is 54.3 Å². The highest BCUT2D eigenvalue weighted by Crippen LogP contribution is 2.22. The smallest absolute Gasteiger partial charge is 0.237 e. The summed E-state index contributed by atoms with van der Waals surface area (Å²) in [5, 5.41) is 8.33. The minimum absolute atomic E-state index is 0.202. The maximum atomic E-state index is 12.6. The van der Waals surface area contributed by atoms with Gasteiger partial charge in [0.05, 0.1) is 13.1 Å². The van der Waals surface area contributed by atoms with Crippen molar-refractivity contribution in [3.63, 3.8) is 0 Å². The fraction of sp³-hybridized carbons (Fsp3) is 0.421. The summed E-state index contributed by atoms with van der Waals surface area (Å²) in [5.74, 6) is 2.12. The van der Waals surface area contributed by atoms with E-state index in [4.69, 9.17) is 0 Å². The summed E-state index contributed by atoms with van der Waals surface area (Å²) in [6.07, 6.45) is 3.11. The van der Waals surface area contributed by atoms with Gasteiger partial charge in [0.15, 0.2) is 0 Å². The Balaban J connectivity index is 1.35. The van der Waals surface area contributed by atoms with Gasteiger partial charge in [0.2, 0.25) is 5.91 Å². The van der Waals surface area contributed by atoms with E-state index in [-0.39, 0.29) is 5.91 Å². The Bertz CT molecular complexity index is 795. The predicted octanol–water partition coefficient (Wildman–Crippen LogP) is 1.72. The van der Waals surface area contributed by atoms with Gasteiger partial charge >= 0.3 is 0 Å². The molecule has 6 heteroatoms. The largest absolute Gasteiger partial charge is 0.338 e. The zero-order chi connectivity index (χ0) is 17.2. The highest BCUT2D eigenvalue weighted by Gasteiger charge is 2.24.